The Labute approximate surface area is 161 Å². The number of nitrogens with one attached hydrogen (secondary N) is 2. The molecule has 1 unspecified atom stereocenters. The molecule has 28 heavy (non-hydrogen) atoms. The van der Waals surface area contributed by atoms with E-state index in [9.17, 15) is 19.2 Å². The highest BCUT2D eigenvalue weighted by atomic mass is 16.6. The van der Waals surface area contributed by atoms with Gasteiger partial charge in [0.05, 0.1) is 5.39 Å². The van der Waals surface area contributed by atoms with Crippen molar-refractivity contribution in [1.82, 2.24) is 10.6 Å². The zero-order valence-corrected chi connectivity index (χ0v) is 15.5. The summed E-state index contributed by atoms with van der Waals surface area (Å²) < 4.78 is 10.4. The Kier molecular flexibility index (Phi) is 6.08. The topological polar surface area (TPSA) is 115 Å². The summed E-state index contributed by atoms with van der Waals surface area (Å²) in [7, 11) is 0. The smallest absolute Gasteiger partial charge is 0.375 e. The van der Waals surface area contributed by atoms with Crippen molar-refractivity contribution in [2.45, 2.75) is 51.2 Å². The van der Waals surface area contributed by atoms with Crippen LogP contribution >= 0.6 is 0 Å². The summed E-state index contributed by atoms with van der Waals surface area (Å²) in [6.45, 7) is 1.33. The predicted octanol–water partition coefficient (Wildman–Crippen LogP) is 2.50. The van der Waals surface area contributed by atoms with E-state index in [1.165, 1.54) is 6.92 Å². The molecular formula is C20H22N2O6. The predicted molar refractivity (Wildman–Crippen MR) is 101 cm³/mol. The van der Waals surface area contributed by atoms with Gasteiger partial charge in [0.15, 0.2) is 11.5 Å². The van der Waals surface area contributed by atoms with E-state index in [-0.39, 0.29) is 17.4 Å². The minimum atomic E-state index is -1.23. The van der Waals surface area contributed by atoms with Crippen molar-refractivity contribution in [2.24, 2.45) is 0 Å². The van der Waals surface area contributed by atoms with Crippen LogP contribution in [0, 0.1) is 0 Å². The van der Waals surface area contributed by atoms with E-state index < -0.39 is 29.4 Å². The quantitative estimate of drug-likeness (QED) is 0.780. The van der Waals surface area contributed by atoms with Crippen LogP contribution in [0.1, 0.15) is 49.6 Å². The van der Waals surface area contributed by atoms with E-state index in [1.807, 2.05) is 0 Å². The lowest BCUT2D eigenvalue weighted by Crippen LogP contribution is -2.48. The molecule has 0 bridgehead atoms. The number of fused-ring (bicyclic) bond motifs is 1. The van der Waals surface area contributed by atoms with Crippen LogP contribution in [0.3, 0.4) is 0 Å². The first-order valence-electron chi connectivity index (χ1n) is 9.29. The zero-order chi connectivity index (χ0) is 20.1. The number of rotatable bonds is 4. The second-order valence-corrected chi connectivity index (χ2v) is 6.82. The summed E-state index contributed by atoms with van der Waals surface area (Å²) in [6, 6.07) is 6.94. The Bertz CT molecular complexity index is 945. The second-order valence-electron chi connectivity index (χ2n) is 6.82. The molecule has 0 saturated heterocycles. The number of imide groups is 1. The standard InChI is InChI=1S/C20H22N2O6/c1-12(18(24)22-20(26)21-13-7-3-2-4-8-13)27-19(25)17-11-15(23)14-9-5-6-10-16(14)28-17/h5-6,9-13H,2-4,7-8H2,1H3,(H2,21,22,24,26). The van der Waals surface area contributed by atoms with Crippen LogP contribution in [0.15, 0.2) is 39.5 Å². The largest absolute Gasteiger partial charge is 0.449 e. The van der Waals surface area contributed by atoms with E-state index in [4.69, 9.17) is 9.15 Å². The maximum atomic E-state index is 12.2. The lowest BCUT2D eigenvalue weighted by atomic mass is 9.96. The van der Waals surface area contributed by atoms with Crippen molar-refractivity contribution in [2.75, 3.05) is 0 Å². The molecule has 8 nitrogen and oxygen atoms in total. The van der Waals surface area contributed by atoms with Gasteiger partial charge in [0, 0.05) is 12.1 Å². The normalized spacial score (nSPS) is 15.6. The van der Waals surface area contributed by atoms with Crippen LogP contribution in [-0.2, 0) is 9.53 Å². The molecule has 148 valence electrons. The first-order valence-corrected chi connectivity index (χ1v) is 9.29. The lowest BCUT2D eigenvalue weighted by Gasteiger charge is -2.23. The summed E-state index contributed by atoms with van der Waals surface area (Å²) in [5.74, 6) is -2.03. The average Bonchev–Trinajstić information content (AvgIpc) is 2.68. The second kappa shape index (κ2) is 8.69. The first-order chi connectivity index (χ1) is 13.4. The van der Waals surface area contributed by atoms with Crippen molar-refractivity contribution < 1.29 is 23.5 Å². The number of benzene rings is 1. The molecule has 1 fully saturated rings. The Hall–Kier alpha value is -3.16. The average molecular weight is 386 g/mol. The third-order valence-electron chi connectivity index (χ3n) is 4.67. The molecule has 1 aliphatic rings. The molecular weight excluding hydrogens is 364 g/mol. The third kappa shape index (κ3) is 4.76. The molecule has 1 heterocycles. The van der Waals surface area contributed by atoms with Gasteiger partial charge < -0.3 is 14.5 Å². The van der Waals surface area contributed by atoms with Gasteiger partial charge in [-0.15, -0.1) is 0 Å². The molecule has 2 aromatic rings. The molecule has 0 spiro atoms. The molecule has 1 atom stereocenters. The fourth-order valence-electron chi connectivity index (χ4n) is 3.16. The third-order valence-corrected chi connectivity index (χ3v) is 4.67. The monoisotopic (exact) mass is 386 g/mol. The van der Waals surface area contributed by atoms with Crippen LogP contribution in [0.5, 0.6) is 0 Å². The summed E-state index contributed by atoms with van der Waals surface area (Å²) in [4.78, 5) is 48.3. The first kappa shape index (κ1) is 19.6. The van der Waals surface area contributed by atoms with Crippen molar-refractivity contribution in [3.8, 4) is 0 Å². The molecule has 1 saturated carbocycles. The highest BCUT2D eigenvalue weighted by Gasteiger charge is 2.24. The van der Waals surface area contributed by atoms with Gasteiger partial charge in [-0.3, -0.25) is 14.9 Å². The molecule has 1 aliphatic carbocycles. The van der Waals surface area contributed by atoms with Crippen molar-refractivity contribution in [3.05, 3.63) is 46.3 Å². The zero-order valence-electron chi connectivity index (χ0n) is 15.5. The number of amides is 3. The highest BCUT2D eigenvalue weighted by Crippen LogP contribution is 2.17. The van der Waals surface area contributed by atoms with Gasteiger partial charge >= 0.3 is 12.0 Å². The van der Waals surface area contributed by atoms with E-state index in [0.29, 0.717) is 5.39 Å². The molecule has 0 radical (unpaired) electrons. The van der Waals surface area contributed by atoms with Crippen LogP contribution in [-0.4, -0.2) is 30.1 Å². The number of hydrogen-bond acceptors (Lipinski definition) is 6. The van der Waals surface area contributed by atoms with Crippen molar-refractivity contribution in [3.63, 3.8) is 0 Å². The van der Waals surface area contributed by atoms with Crippen LogP contribution < -0.4 is 16.1 Å². The van der Waals surface area contributed by atoms with E-state index >= 15 is 0 Å². The Morgan fingerprint density at radius 2 is 1.86 bits per heavy atom. The van der Waals surface area contributed by atoms with Crippen molar-refractivity contribution in [1.29, 1.82) is 0 Å². The molecule has 2 N–H and O–H groups in total. The van der Waals surface area contributed by atoms with Gasteiger partial charge in [0.25, 0.3) is 5.91 Å². The summed E-state index contributed by atoms with van der Waals surface area (Å²) in [6.07, 6.45) is 3.77. The summed E-state index contributed by atoms with van der Waals surface area (Å²) >= 11 is 0. The number of urea groups is 1. The van der Waals surface area contributed by atoms with Gasteiger partial charge in [-0.1, -0.05) is 31.4 Å². The number of carbonyl (C=O) groups is 3. The summed E-state index contributed by atoms with van der Waals surface area (Å²) in [5, 5.41) is 5.25. The number of ether oxygens (including phenoxy) is 1. The molecule has 3 amide bonds. The van der Waals surface area contributed by atoms with Gasteiger partial charge in [-0.25, -0.2) is 9.59 Å². The van der Waals surface area contributed by atoms with Crippen LogP contribution in [0.2, 0.25) is 0 Å². The number of carbonyl (C=O) groups excluding carboxylic acids is 3. The van der Waals surface area contributed by atoms with Gasteiger partial charge in [0.2, 0.25) is 5.76 Å². The molecule has 0 aliphatic heterocycles. The molecule has 1 aromatic carbocycles. The van der Waals surface area contributed by atoms with E-state index in [0.717, 1.165) is 38.2 Å². The highest BCUT2D eigenvalue weighted by molar-refractivity contribution is 5.98. The SMILES string of the molecule is CC(OC(=O)c1cc(=O)c2ccccc2o1)C(=O)NC(=O)NC1CCCCC1. The van der Waals surface area contributed by atoms with Crippen LogP contribution in [0.4, 0.5) is 4.79 Å². The van der Waals surface area contributed by atoms with Gasteiger partial charge in [-0.05, 0) is 31.9 Å². The lowest BCUT2D eigenvalue weighted by molar-refractivity contribution is -0.128. The Morgan fingerprint density at radius 3 is 2.61 bits per heavy atom. The molecule has 3 rings (SSSR count). The number of para-hydroxylation sites is 1. The Morgan fingerprint density at radius 1 is 1.14 bits per heavy atom. The van der Waals surface area contributed by atoms with Crippen LogP contribution in [0.25, 0.3) is 11.0 Å². The Balaban J connectivity index is 1.58. The number of esters is 1. The van der Waals surface area contributed by atoms with Crippen molar-refractivity contribution >= 4 is 28.9 Å². The van der Waals surface area contributed by atoms with E-state index in [2.05, 4.69) is 10.6 Å². The molecule has 1 aromatic heterocycles. The van der Waals surface area contributed by atoms with E-state index in [1.54, 1.807) is 24.3 Å². The fourth-order valence-corrected chi connectivity index (χ4v) is 3.16. The minimum Gasteiger partial charge on any atom is -0.449 e. The minimum absolute atomic E-state index is 0.0475. The molecule has 8 heteroatoms. The number of hydrogen-bond donors (Lipinski definition) is 2. The maximum absolute atomic E-state index is 12.2. The summed E-state index contributed by atoms with van der Waals surface area (Å²) in [5.41, 5.74) is -0.149. The maximum Gasteiger partial charge on any atom is 0.375 e. The van der Waals surface area contributed by atoms with Gasteiger partial charge in [-0.2, -0.15) is 0 Å². The fraction of sp³-hybridized carbons (Fsp3) is 0.400. The van der Waals surface area contributed by atoms with Gasteiger partial charge in [0.1, 0.15) is 5.58 Å².